The topological polar surface area (TPSA) is 12.9 Å². The van der Waals surface area contributed by atoms with Gasteiger partial charge in [0.25, 0.3) is 0 Å². The minimum Gasteiger partial charge on any atom is -0.265 e. The molecule has 0 N–H and O–H groups in total. The summed E-state index contributed by atoms with van der Waals surface area (Å²) in [5.74, 6) is 0. The van der Waals surface area contributed by atoms with Crippen molar-refractivity contribution in [1.29, 1.82) is 0 Å². The third-order valence-corrected chi connectivity index (χ3v) is 1.70. The van der Waals surface area contributed by atoms with E-state index in [0.29, 0.717) is 0 Å². The van der Waals surface area contributed by atoms with E-state index in [9.17, 15) is 0 Å². The van der Waals surface area contributed by atoms with Crippen LogP contribution in [0, 0.1) is 6.07 Å². The van der Waals surface area contributed by atoms with Gasteiger partial charge in [0.15, 0.2) is 0 Å². The van der Waals surface area contributed by atoms with Gasteiger partial charge in [0.1, 0.15) is 0 Å². The Morgan fingerprint density at radius 1 is 1.00 bits per heavy atom. The van der Waals surface area contributed by atoms with Gasteiger partial charge in [0.2, 0.25) is 0 Å². The number of aromatic nitrogens is 1. The second-order valence-electron chi connectivity index (χ2n) is 2.51. The van der Waals surface area contributed by atoms with Crippen LogP contribution in [0.4, 0.5) is 0 Å². The summed E-state index contributed by atoms with van der Waals surface area (Å²) in [4.78, 5) is 3.96. The molecule has 0 atom stereocenters. The largest absolute Gasteiger partial charge is 0.265 e. The van der Waals surface area contributed by atoms with Crippen LogP contribution in [-0.2, 0) is 0 Å². The Kier molecular flexibility index (Phi) is 1.87. The first-order valence-electron chi connectivity index (χ1n) is 3.84. The SMILES string of the molecule is [c]1ccccc1-c1ccncc1. The molecule has 1 heterocycles. The average Bonchev–Trinajstić information content (AvgIpc) is 2.21. The molecule has 0 saturated heterocycles. The molecule has 0 spiro atoms. The van der Waals surface area contributed by atoms with E-state index in [1.165, 1.54) is 0 Å². The Balaban J connectivity index is 2.46. The summed E-state index contributed by atoms with van der Waals surface area (Å²) in [5, 5.41) is 0. The lowest BCUT2D eigenvalue weighted by molar-refractivity contribution is 1.33. The molecule has 1 nitrogen and oxygen atoms in total. The van der Waals surface area contributed by atoms with Crippen LogP contribution in [0.3, 0.4) is 0 Å². The first-order valence-corrected chi connectivity index (χ1v) is 3.84. The Bertz CT molecular complexity index is 302. The van der Waals surface area contributed by atoms with Gasteiger partial charge < -0.3 is 0 Å². The van der Waals surface area contributed by atoms with Crippen molar-refractivity contribution in [2.45, 2.75) is 0 Å². The van der Waals surface area contributed by atoms with E-state index >= 15 is 0 Å². The van der Waals surface area contributed by atoms with E-state index in [0.717, 1.165) is 11.1 Å². The van der Waals surface area contributed by atoms with E-state index in [1.54, 1.807) is 12.4 Å². The van der Waals surface area contributed by atoms with E-state index in [2.05, 4.69) is 11.1 Å². The average molecular weight is 154 g/mol. The summed E-state index contributed by atoms with van der Waals surface area (Å²) < 4.78 is 0. The number of hydrogen-bond acceptors (Lipinski definition) is 1. The quantitative estimate of drug-likeness (QED) is 0.615. The monoisotopic (exact) mass is 154 g/mol. The van der Waals surface area contributed by atoms with Crippen molar-refractivity contribution < 1.29 is 0 Å². The van der Waals surface area contributed by atoms with Crippen molar-refractivity contribution in [1.82, 2.24) is 4.98 Å². The lowest BCUT2D eigenvalue weighted by Crippen LogP contribution is -1.76. The van der Waals surface area contributed by atoms with Crippen LogP contribution >= 0.6 is 0 Å². The molecule has 1 aromatic carbocycles. The molecule has 0 unspecified atom stereocenters. The highest BCUT2D eigenvalue weighted by molar-refractivity contribution is 5.61. The number of pyridine rings is 1. The van der Waals surface area contributed by atoms with Crippen molar-refractivity contribution in [3.05, 3.63) is 54.9 Å². The van der Waals surface area contributed by atoms with Crippen molar-refractivity contribution in [2.75, 3.05) is 0 Å². The number of rotatable bonds is 1. The minimum absolute atomic E-state index is 1.11. The maximum Gasteiger partial charge on any atom is 0.0273 e. The highest BCUT2D eigenvalue weighted by Crippen LogP contribution is 2.15. The van der Waals surface area contributed by atoms with E-state index in [4.69, 9.17) is 0 Å². The van der Waals surface area contributed by atoms with Gasteiger partial charge in [0, 0.05) is 12.4 Å². The van der Waals surface area contributed by atoms with Crippen LogP contribution in [-0.4, -0.2) is 4.98 Å². The lowest BCUT2D eigenvalue weighted by Gasteiger charge is -1.97. The minimum atomic E-state index is 1.11. The molecule has 1 radical (unpaired) electrons. The zero-order chi connectivity index (χ0) is 8.23. The molecule has 0 aliphatic heterocycles. The molecule has 1 aromatic heterocycles. The van der Waals surface area contributed by atoms with Crippen LogP contribution in [0.1, 0.15) is 0 Å². The Morgan fingerprint density at radius 2 is 1.83 bits per heavy atom. The van der Waals surface area contributed by atoms with Crippen LogP contribution in [0.2, 0.25) is 0 Å². The van der Waals surface area contributed by atoms with E-state index in [-0.39, 0.29) is 0 Å². The number of nitrogens with zero attached hydrogens (tertiary/aromatic N) is 1. The molecule has 2 aromatic rings. The third-order valence-electron chi connectivity index (χ3n) is 1.70. The lowest BCUT2D eigenvalue weighted by atomic mass is 10.1. The smallest absolute Gasteiger partial charge is 0.0273 e. The van der Waals surface area contributed by atoms with Crippen LogP contribution < -0.4 is 0 Å². The normalized spacial score (nSPS) is 9.67. The van der Waals surface area contributed by atoms with Gasteiger partial charge in [-0.05, 0) is 29.3 Å². The van der Waals surface area contributed by atoms with Crippen LogP contribution in [0.15, 0.2) is 48.8 Å². The summed E-state index contributed by atoms with van der Waals surface area (Å²) in [7, 11) is 0. The molecule has 12 heavy (non-hydrogen) atoms. The molecule has 0 amide bonds. The summed E-state index contributed by atoms with van der Waals surface area (Å²) in [5.41, 5.74) is 2.27. The zero-order valence-electron chi connectivity index (χ0n) is 6.57. The summed E-state index contributed by atoms with van der Waals surface area (Å²) in [6.45, 7) is 0. The predicted molar refractivity (Wildman–Crippen MR) is 48.5 cm³/mol. The highest BCUT2D eigenvalue weighted by Gasteiger charge is 1.92. The van der Waals surface area contributed by atoms with E-state index in [1.807, 2.05) is 36.4 Å². The maximum atomic E-state index is 3.96. The van der Waals surface area contributed by atoms with Gasteiger partial charge >= 0.3 is 0 Å². The van der Waals surface area contributed by atoms with Crippen molar-refractivity contribution in [2.24, 2.45) is 0 Å². The third kappa shape index (κ3) is 1.35. The molecule has 0 saturated carbocycles. The summed E-state index contributed by atoms with van der Waals surface area (Å²) in [6.07, 6.45) is 3.58. The second-order valence-corrected chi connectivity index (χ2v) is 2.51. The second kappa shape index (κ2) is 3.18. The Morgan fingerprint density at radius 3 is 2.50 bits per heavy atom. The van der Waals surface area contributed by atoms with E-state index < -0.39 is 0 Å². The standard InChI is InChI=1S/C11H8N/c1-2-4-10(5-3-1)11-6-8-12-9-7-11/h1-4,6-9H. The molecule has 2 rings (SSSR count). The first kappa shape index (κ1) is 7.04. The Hall–Kier alpha value is -1.63. The van der Waals surface area contributed by atoms with Gasteiger partial charge in [-0.25, -0.2) is 0 Å². The van der Waals surface area contributed by atoms with Crippen LogP contribution in [0.25, 0.3) is 11.1 Å². The molecule has 57 valence electrons. The zero-order valence-corrected chi connectivity index (χ0v) is 6.57. The highest BCUT2D eigenvalue weighted by atomic mass is 14.6. The summed E-state index contributed by atoms with van der Waals surface area (Å²) >= 11 is 0. The Labute approximate surface area is 71.7 Å². The molecule has 0 fully saturated rings. The van der Waals surface area contributed by atoms with Crippen molar-refractivity contribution in [3.63, 3.8) is 0 Å². The van der Waals surface area contributed by atoms with Gasteiger partial charge in [-0.3, -0.25) is 4.98 Å². The fourth-order valence-electron chi connectivity index (χ4n) is 1.10. The predicted octanol–water partition coefficient (Wildman–Crippen LogP) is 2.55. The first-order chi connectivity index (χ1) is 5.97. The molecular weight excluding hydrogens is 146 g/mol. The summed E-state index contributed by atoms with van der Waals surface area (Å²) in [6, 6.07) is 15.0. The molecular formula is C11H8N. The van der Waals surface area contributed by atoms with Crippen LogP contribution in [0.5, 0.6) is 0 Å². The number of hydrogen-bond donors (Lipinski definition) is 0. The fourth-order valence-corrected chi connectivity index (χ4v) is 1.10. The molecule has 1 heteroatoms. The maximum absolute atomic E-state index is 3.96. The van der Waals surface area contributed by atoms with Gasteiger partial charge in [0.05, 0.1) is 0 Å². The van der Waals surface area contributed by atoms with Gasteiger partial charge in [-0.2, -0.15) is 0 Å². The van der Waals surface area contributed by atoms with Gasteiger partial charge in [-0.15, -0.1) is 0 Å². The van der Waals surface area contributed by atoms with Crippen molar-refractivity contribution >= 4 is 0 Å². The fraction of sp³-hybridized carbons (Fsp3) is 0. The molecule has 0 bridgehead atoms. The molecule has 0 aliphatic rings. The molecule has 0 aliphatic carbocycles. The number of benzene rings is 1. The van der Waals surface area contributed by atoms with Gasteiger partial charge in [-0.1, -0.05) is 24.3 Å². The van der Waals surface area contributed by atoms with Crippen molar-refractivity contribution in [3.8, 4) is 11.1 Å².